The SMILES string of the molecule is COc1cc(CNC23CC4C[C@@](C)(C2)C[C@](C)(C4)C3)cc(Cl)c1OC. The number of ether oxygens (including phenoxy) is 2. The number of halogens is 1. The van der Waals surface area contributed by atoms with Crippen LogP contribution in [0.25, 0.3) is 0 Å². The van der Waals surface area contributed by atoms with Crippen molar-refractivity contribution in [2.24, 2.45) is 16.7 Å². The predicted molar refractivity (Wildman–Crippen MR) is 102 cm³/mol. The molecule has 25 heavy (non-hydrogen) atoms. The summed E-state index contributed by atoms with van der Waals surface area (Å²) in [7, 11) is 3.28. The summed E-state index contributed by atoms with van der Waals surface area (Å²) in [5.74, 6) is 2.21. The van der Waals surface area contributed by atoms with Crippen molar-refractivity contribution in [2.75, 3.05) is 14.2 Å². The van der Waals surface area contributed by atoms with Gasteiger partial charge in [0.25, 0.3) is 0 Å². The number of benzene rings is 1. The van der Waals surface area contributed by atoms with Crippen LogP contribution in [0.4, 0.5) is 0 Å². The fourth-order valence-electron chi connectivity index (χ4n) is 7.01. The van der Waals surface area contributed by atoms with Gasteiger partial charge in [-0.15, -0.1) is 0 Å². The Morgan fingerprint density at radius 2 is 1.72 bits per heavy atom. The average molecular weight is 364 g/mol. The first kappa shape index (κ1) is 17.5. The zero-order valence-corrected chi connectivity index (χ0v) is 16.6. The molecule has 0 amide bonds. The minimum absolute atomic E-state index is 0.294. The maximum atomic E-state index is 6.38. The van der Waals surface area contributed by atoms with E-state index in [2.05, 4.69) is 19.2 Å². The summed E-state index contributed by atoms with van der Waals surface area (Å²) in [6.45, 7) is 5.86. The summed E-state index contributed by atoms with van der Waals surface area (Å²) in [5.41, 5.74) is 2.50. The van der Waals surface area contributed by atoms with Crippen molar-refractivity contribution in [3.05, 3.63) is 22.7 Å². The minimum Gasteiger partial charge on any atom is -0.493 e. The van der Waals surface area contributed by atoms with Gasteiger partial charge in [-0.25, -0.2) is 0 Å². The Morgan fingerprint density at radius 3 is 2.28 bits per heavy atom. The standard InChI is InChI=1S/C21H30ClNO2/c1-19-7-15-8-20(2,11-19)13-21(9-15,12-19)23-10-14-5-16(22)18(25-4)17(6-14)24-3/h5-6,15,23H,7-13H2,1-4H3/t15?,19-,20+,21?. The van der Waals surface area contributed by atoms with Crippen LogP contribution in [0.2, 0.25) is 5.02 Å². The summed E-state index contributed by atoms with van der Waals surface area (Å²) in [4.78, 5) is 0. The maximum absolute atomic E-state index is 6.38. The van der Waals surface area contributed by atoms with Crippen LogP contribution >= 0.6 is 11.6 Å². The highest BCUT2D eigenvalue weighted by Crippen LogP contribution is 2.66. The van der Waals surface area contributed by atoms with Crippen molar-refractivity contribution >= 4 is 11.6 Å². The molecule has 0 aromatic heterocycles. The second kappa shape index (κ2) is 5.79. The van der Waals surface area contributed by atoms with Gasteiger partial charge in [0, 0.05) is 12.1 Å². The molecule has 2 unspecified atom stereocenters. The normalized spacial score (nSPS) is 38.8. The molecule has 0 saturated heterocycles. The van der Waals surface area contributed by atoms with E-state index in [4.69, 9.17) is 21.1 Å². The highest BCUT2D eigenvalue weighted by molar-refractivity contribution is 6.32. The topological polar surface area (TPSA) is 30.5 Å². The molecule has 138 valence electrons. The summed E-state index contributed by atoms with van der Waals surface area (Å²) in [6, 6.07) is 4.04. The van der Waals surface area contributed by atoms with Gasteiger partial charge in [-0.05, 0) is 73.0 Å². The number of hydrogen-bond donors (Lipinski definition) is 1. The third-order valence-corrected chi connectivity index (χ3v) is 7.07. The van der Waals surface area contributed by atoms with Gasteiger partial charge < -0.3 is 14.8 Å². The van der Waals surface area contributed by atoms with Gasteiger partial charge >= 0.3 is 0 Å². The lowest BCUT2D eigenvalue weighted by Crippen LogP contribution is -2.63. The number of methoxy groups -OCH3 is 2. The molecule has 0 heterocycles. The van der Waals surface area contributed by atoms with Crippen LogP contribution in [0, 0.1) is 16.7 Å². The molecule has 1 aromatic rings. The van der Waals surface area contributed by atoms with Crippen molar-refractivity contribution in [2.45, 2.75) is 64.5 Å². The van der Waals surface area contributed by atoms with Crippen LogP contribution < -0.4 is 14.8 Å². The van der Waals surface area contributed by atoms with E-state index in [0.717, 1.165) is 18.0 Å². The third-order valence-electron chi connectivity index (χ3n) is 6.79. The van der Waals surface area contributed by atoms with E-state index < -0.39 is 0 Å². The van der Waals surface area contributed by atoms with E-state index in [1.165, 1.54) is 38.5 Å². The second-order valence-corrected chi connectivity index (χ2v) is 9.98. The van der Waals surface area contributed by atoms with Gasteiger partial charge in [0.15, 0.2) is 11.5 Å². The Morgan fingerprint density at radius 1 is 1.04 bits per heavy atom. The van der Waals surface area contributed by atoms with E-state index in [9.17, 15) is 0 Å². The molecule has 1 aromatic carbocycles. The highest BCUT2D eigenvalue weighted by Gasteiger charge is 2.59. The van der Waals surface area contributed by atoms with Gasteiger partial charge in [-0.1, -0.05) is 25.4 Å². The van der Waals surface area contributed by atoms with Crippen LogP contribution in [0.3, 0.4) is 0 Å². The minimum atomic E-state index is 0.294. The van der Waals surface area contributed by atoms with Crippen LogP contribution in [-0.4, -0.2) is 19.8 Å². The molecule has 0 spiro atoms. The quantitative estimate of drug-likeness (QED) is 0.780. The van der Waals surface area contributed by atoms with Crippen LogP contribution in [-0.2, 0) is 6.54 Å². The fraction of sp³-hybridized carbons (Fsp3) is 0.714. The Balaban J connectivity index is 1.55. The molecule has 1 N–H and O–H groups in total. The molecule has 4 bridgehead atoms. The zero-order valence-electron chi connectivity index (χ0n) is 15.9. The summed E-state index contributed by atoms with van der Waals surface area (Å²) >= 11 is 6.38. The maximum Gasteiger partial charge on any atom is 0.179 e. The molecule has 4 aliphatic rings. The molecule has 0 aliphatic heterocycles. The van der Waals surface area contributed by atoms with Crippen molar-refractivity contribution < 1.29 is 9.47 Å². The van der Waals surface area contributed by atoms with Gasteiger partial charge in [0.2, 0.25) is 0 Å². The van der Waals surface area contributed by atoms with E-state index in [0.29, 0.717) is 32.9 Å². The van der Waals surface area contributed by atoms with E-state index in [1.807, 2.05) is 12.1 Å². The molecule has 0 radical (unpaired) electrons. The molecule has 4 heteroatoms. The Kier molecular flexibility index (Phi) is 4.05. The van der Waals surface area contributed by atoms with E-state index >= 15 is 0 Å². The van der Waals surface area contributed by atoms with Crippen LogP contribution in [0.1, 0.15) is 57.9 Å². The van der Waals surface area contributed by atoms with E-state index in [-0.39, 0.29) is 0 Å². The lowest BCUT2D eigenvalue weighted by atomic mass is 9.43. The Hall–Kier alpha value is -0.930. The van der Waals surface area contributed by atoms with Crippen molar-refractivity contribution in [3.8, 4) is 11.5 Å². The van der Waals surface area contributed by atoms with Crippen LogP contribution in [0.5, 0.6) is 11.5 Å². The first-order chi connectivity index (χ1) is 11.8. The third kappa shape index (κ3) is 3.04. The Labute approximate surface area is 156 Å². The Bertz CT molecular complexity index is 671. The lowest BCUT2D eigenvalue weighted by molar-refractivity contribution is -0.118. The fourth-order valence-corrected chi connectivity index (χ4v) is 7.32. The molecule has 4 fully saturated rings. The molecule has 4 saturated carbocycles. The predicted octanol–water partition coefficient (Wildman–Crippen LogP) is 5.20. The van der Waals surface area contributed by atoms with Crippen molar-refractivity contribution in [1.82, 2.24) is 5.32 Å². The van der Waals surface area contributed by atoms with Crippen molar-refractivity contribution in [1.29, 1.82) is 0 Å². The highest BCUT2D eigenvalue weighted by atomic mass is 35.5. The number of nitrogens with one attached hydrogen (secondary N) is 1. The van der Waals surface area contributed by atoms with Crippen molar-refractivity contribution in [3.63, 3.8) is 0 Å². The second-order valence-electron chi connectivity index (χ2n) is 9.58. The smallest absolute Gasteiger partial charge is 0.179 e. The first-order valence-electron chi connectivity index (χ1n) is 9.43. The monoisotopic (exact) mass is 363 g/mol. The van der Waals surface area contributed by atoms with Gasteiger partial charge in [-0.2, -0.15) is 0 Å². The van der Waals surface area contributed by atoms with Gasteiger partial charge in [0.05, 0.1) is 19.2 Å². The number of hydrogen-bond acceptors (Lipinski definition) is 3. The van der Waals surface area contributed by atoms with Gasteiger partial charge in [0.1, 0.15) is 0 Å². The number of rotatable bonds is 5. The lowest BCUT2D eigenvalue weighted by Gasteiger charge is -2.65. The molecular formula is C21H30ClNO2. The first-order valence-corrected chi connectivity index (χ1v) is 9.81. The zero-order chi connectivity index (χ0) is 17.9. The summed E-state index contributed by atoms with van der Waals surface area (Å²) in [6.07, 6.45) is 8.21. The molecule has 4 aliphatic carbocycles. The largest absolute Gasteiger partial charge is 0.493 e. The molecular weight excluding hydrogens is 334 g/mol. The van der Waals surface area contributed by atoms with Crippen LogP contribution in [0.15, 0.2) is 12.1 Å². The summed E-state index contributed by atoms with van der Waals surface area (Å²) < 4.78 is 10.8. The summed E-state index contributed by atoms with van der Waals surface area (Å²) in [5, 5.41) is 4.57. The van der Waals surface area contributed by atoms with Gasteiger partial charge in [-0.3, -0.25) is 0 Å². The van der Waals surface area contributed by atoms with E-state index in [1.54, 1.807) is 14.2 Å². The average Bonchev–Trinajstić information content (AvgIpc) is 2.49. The molecule has 4 atom stereocenters. The molecule has 5 rings (SSSR count). The molecule has 3 nitrogen and oxygen atoms in total.